The molecular weight excluding hydrogens is 261 g/mol. The number of benzene rings is 1. The second-order valence-corrected chi connectivity index (χ2v) is 4.32. The van der Waals surface area contributed by atoms with Gasteiger partial charge >= 0.3 is 0 Å². The summed E-state index contributed by atoms with van der Waals surface area (Å²) < 4.78 is 29.2. The largest absolute Gasteiger partial charge is 0.493 e. The summed E-state index contributed by atoms with van der Waals surface area (Å²) in [5.74, 6) is 0.461. The van der Waals surface area contributed by atoms with Crippen molar-refractivity contribution < 1.29 is 18.6 Å². The zero-order chi connectivity index (χ0) is 14.6. The number of nitrogens with one attached hydrogen (secondary N) is 1. The Morgan fingerprint density at radius 3 is 2.80 bits per heavy atom. The lowest BCUT2D eigenvalue weighted by Gasteiger charge is -2.12. The van der Waals surface area contributed by atoms with Crippen molar-refractivity contribution in [3.63, 3.8) is 0 Å². The highest BCUT2D eigenvalue weighted by atomic mass is 19.1. The Morgan fingerprint density at radius 2 is 2.05 bits per heavy atom. The summed E-state index contributed by atoms with van der Waals surface area (Å²) in [7, 11) is 1.65. The number of ether oxygens (including phenoxy) is 3. The van der Waals surface area contributed by atoms with Crippen LogP contribution >= 0.6 is 0 Å². The van der Waals surface area contributed by atoms with Gasteiger partial charge in [0.15, 0.2) is 0 Å². The average Bonchev–Trinajstić information content (AvgIpc) is 2.45. The zero-order valence-corrected chi connectivity index (χ0v) is 12.3. The molecule has 0 saturated heterocycles. The minimum Gasteiger partial charge on any atom is -0.493 e. The minimum absolute atomic E-state index is 0.254. The van der Waals surface area contributed by atoms with Gasteiger partial charge in [-0.15, -0.1) is 0 Å². The monoisotopic (exact) mass is 285 g/mol. The Morgan fingerprint density at radius 1 is 1.20 bits per heavy atom. The second-order valence-electron chi connectivity index (χ2n) is 4.32. The van der Waals surface area contributed by atoms with Gasteiger partial charge in [0.1, 0.15) is 11.6 Å². The van der Waals surface area contributed by atoms with Crippen LogP contribution in [0.3, 0.4) is 0 Å². The average molecular weight is 285 g/mol. The molecule has 0 aliphatic heterocycles. The van der Waals surface area contributed by atoms with Crippen LogP contribution in [0.5, 0.6) is 5.75 Å². The summed E-state index contributed by atoms with van der Waals surface area (Å²) in [5.41, 5.74) is 0.817. The van der Waals surface area contributed by atoms with Crippen LogP contribution in [0.15, 0.2) is 18.2 Å². The number of methoxy groups -OCH3 is 1. The molecule has 1 aromatic carbocycles. The first-order chi connectivity index (χ1) is 9.77. The third-order valence-corrected chi connectivity index (χ3v) is 2.72. The first kappa shape index (κ1) is 16.9. The SMILES string of the molecule is CCOCCCOc1ccc(F)cc1CNCCOC. The highest BCUT2D eigenvalue weighted by molar-refractivity contribution is 5.33. The minimum atomic E-state index is -0.254. The molecule has 0 aliphatic carbocycles. The van der Waals surface area contributed by atoms with Crippen molar-refractivity contribution in [3.8, 4) is 5.75 Å². The van der Waals surface area contributed by atoms with Gasteiger partial charge in [-0.25, -0.2) is 4.39 Å². The quantitative estimate of drug-likeness (QED) is 0.634. The van der Waals surface area contributed by atoms with E-state index in [1.54, 1.807) is 13.2 Å². The van der Waals surface area contributed by atoms with E-state index in [9.17, 15) is 4.39 Å². The van der Waals surface area contributed by atoms with E-state index in [4.69, 9.17) is 14.2 Å². The van der Waals surface area contributed by atoms with Gasteiger partial charge in [0.2, 0.25) is 0 Å². The van der Waals surface area contributed by atoms with Gasteiger partial charge in [-0.05, 0) is 25.1 Å². The third-order valence-electron chi connectivity index (χ3n) is 2.72. The number of halogens is 1. The molecule has 0 bridgehead atoms. The van der Waals surface area contributed by atoms with E-state index in [0.29, 0.717) is 38.7 Å². The van der Waals surface area contributed by atoms with Crippen molar-refractivity contribution in [2.45, 2.75) is 19.9 Å². The maximum Gasteiger partial charge on any atom is 0.123 e. The molecule has 0 atom stereocenters. The highest BCUT2D eigenvalue weighted by Crippen LogP contribution is 2.19. The molecule has 0 spiro atoms. The van der Waals surface area contributed by atoms with E-state index in [0.717, 1.165) is 18.5 Å². The second kappa shape index (κ2) is 10.6. The van der Waals surface area contributed by atoms with Crippen molar-refractivity contribution in [2.24, 2.45) is 0 Å². The van der Waals surface area contributed by atoms with E-state index in [-0.39, 0.29) is 5.82 Å². The molecule has 0 unspecified atom stereocenters. The Labute approximate surface area is 120 Å². The van der Waals surface area contributed by atoms with Crippen LogP contribution in [-0.2, 0) is 16.0 Å². The molecule has 0 heterocycles. The lowest BCUT2D eigenvalue weighted by atomic mass is 10.2. The smallest absolute Gasteiger partial charge is 0.123 e. The van der Waals surface area contributed by atoms with Crippen molar-refractivity contribution in [1.82, 2.24) is 5.32 Å². The van der Waals surface area contributed by atoms with Crippen LogP contribution < -0.4 is 10.1 Å². The van der Waals surface area contributed by atoms with E-state index >= 15 is 0 Å². The maximum absolute atomic E-state index is 13.3. The van der Waals surface area contributed by atoms with E-state index in [1.165, 1.54) is 12.1 Å². The standard InChI is InChI=1S/C15H24FNO3/c1-3-19-8-4-9-20-15-6-5-14(16)11-13(15)12-17-7-10-18-2/h5-6,11,17H,3-4,7-10,12H2,1-2H3. The fourth-order valence-electron chi connectivity index (χ4n) is 1.71. The third kappa shape index (κ3) is 6.84. The molecule has 1 rings (SSSR count). The molecule has 20 heavy (non-hydrogen) atoms. The van der Waals surface area contributed by atoms with Crippen molar-refractivity contribution in [3.05, 3.63) is 29.6 Å². The predicted molar refractivity (Wildman–Crippen MR) is 76.6 cm³/mol. The molecule has 0 amide bonds. The Hall–Kier alpha value is -1.17. The van der Waals surface area contributed by atoms with Crippen molar-refractivity contribution >= 4 is 0 Å². The van der Waals surface area contributed by atoms with Gasteiger partial charge < -0.3 is 19.5 Å². The van der Waals surface area contributed by atoms with Crippen LogP contribution in [0.25, 0.3) is 0 Å². The summed E-state index contributed by atoms with van der Waals surface area (Å²) >= 11 is 0. The fraction of sp³-hybridized carbons (Fsp3) is 0.600. The summed E-state index contributed by atoms with van der Waals surface area (Å²) in [4.78, 5) is 0. The topological polar surface area (TPSA) is 39.7 Å². The molecule has 1 aromatic rings. The normalized spacial score (nSPS) is 10.8. The fourth-order valence-corrected chi connectivity index (χ4v) is 1.71. The molecule has 1 N–H and O–H groups in total. The van der Waals surface area contributed by atoms with Gasteiger partial charge in [-0.1, -0.05) is 0 Å². The predicted octanol–water partition coefficient (Wildman–Crippen LogP) is 2.37. The molecule has 0 saturated carbocycles. The first-order valence-corrected chi connectivity index (χ1v) is 6.96. The zero-order valence-electron chi connectivity index (χ0n) is 12.3. The maximum atomic E-state index is 13.3. The summed E-state index contributed by atoms with van der Waals surface area (Å²) in [6.45, 7) is 5.82. The summed E-state index contributed by atoms with van der Waals surface area (Å²) in [6, 6.07) is 4.58. The van der Waals surface area contributed by atoms with Crippen molar-refractivity contribution in [2.75, 3.05) is 40.1 Å². The number of rotatable bonds is 11. The van der Waals surface area contributed by atoms with Gasteiger partial charge in [-0.3, -0.25) is 0 Å². The van der Waals surface area contributed by atoms with E-state index in [2.05, 4.69) is 5.32 Å². The highest BCUT2D eigenvalue weighted by Gasteiger charge is 2.05. The van der Waals surface area contributed by atoms with Crippen LogP contribution in [0.2, 0.25) is 0 Å². The number of hydrogen-bond acceptors (Lipinski definition) is 4. The van der Waals surface area contributed by atoms with E-state index in [1.807, 2.05) is 6.92 Å². The summed E-state index contributed by atoms with van der Waals surface area (Å²) in [5, 5.41) is 3.18. The molecular formula is C15H24FNO3. The Kier molecular flexibility index (Phi) is 8.95. The molecule has 114 valence electrons. The first-order valence-electron chi connectivity index (χ1n) is 6.96. The molecule has 0 aliphatic rings. The van der Waals surface area contributed by atoms with Gasteiger partial charge in [0.25, 0.3) is 0 Å². The Bertz CT molecular complexity index is 374. The van der Waals surface area contributed by atoms with Crippen LogP contribution in [0.1, 0.15) is 18.9 Å². The molecule has 5 heteroatoms. The van der Waals surface area contributed by atoms with Crippen molar-refractivity contribution in [1.29, 1.82) is 0 Å². The van der Waals surface area contributed by atoms with Crippen LogP contribution in [0, 0.1) is 5.82 Å². The van der Waals surface area contributed by atoms with Gasteiger partial charge in [0.05, 0.1) is 13.2 Å². The molecule has 0 fully saturated rings. The molecule has 0 aromatic heterocycles. The number of hydrogen-bond donors (Lipinski definition) is 1. The lowest BCUT2D eigenvalue weighted by molar-refractivity contribution is 0.130. The van der Waals surface area contributed by atoms with Gasteiger partial charge in [-0.2, -0.15) is 0 Å². The van der Waals surface area contributed by atoms with Crippen LogP contribution in [0.4, 0.5) is 4.39 Å². The van der Waals surface area contributed by atoms with Crippen LogP contribution in [-0.4, -0.2) is 40.1 Å². The molecule has 0 radical (unpaired) electrons. The lowest BCUT2D eigenvalue weighted by Crippen LogP contribution is -2.19. The summed E-state index contributed by atoms with van der Waals surface area (Å²) in [6.07, 6.45) is 0.821. The van der Waals surface area contributed by atoms with E-state index < -0.39 is 0 Å². The Balaban J connectivity index is 2.42. The molecule has 4 nitrogen and oxygen atoms in total. The van der Waals surface area contributed by atoms with Gasteiger partial charge in [0, 0.05) is 45.4 Å².